The van der Waals surface area contributed by atoms with Crippen molar-refractivity contribution >= 4 is 5.69 Å². The number of rotatable bonds is 5. The van der Waals surface area contributed by atoms with Gasteiger partial charge in [0, 0.05) is 12.2 Å². The van der Waals surface area contributed by atoms with Crippen LogP contribution in [0.25, 0.3) is 0 Å². The molecule has 20 heavy (non-hydrogen) atoms. The van der Waals surface area contributed by atoms with Crippen molar-refractivity contribution in [3.63, 3.8) is 0 Å². The zero-order valence-corrected chi connectivity index (χ0v) is 12.2. The minimum Gasteiger partial charge on any atom is -0.394 e. The van der Waals surface area contributed by atoms with E-state index in [9.17, 15) is 9.50 Å². The molecule has 0 spiro atoms. The highest BCUT2D eigenvalue weighted by molar-refractivity contribution is 5.45. The van der Waals surface area contributed by atoms with Crippen LogP contribution in [0.4, 0.5) is 10.1 Å². The number of hydrogen-bond acceptors (Lipinski definition) is 3. The maximum Gasteiger partial charge on any atom is 0.125 e. The molecule has 0 saturated carbocycles. The maximum absolute atomic E-state index is 13.3. The number of nitrogens with zero attached hydrogens (tertiary/aromatic N) is 1. The Morgan fingerprint density at radius 1 is 1.35 bits per heavy atom. The van der Waals surface area contributed by atoms with Crippen molar-refractivity contribution in [2.75, 3.05) is 31.6 Å². The fourth-order valence-electron chi connectivity index (χ4n) is 2.98. The quantitative estimate of drug-likeness (QED) is 0.870. The van der Waals surface area contributed by atoms with Crippen molar-refractivity contribution in [3.8, 4) is 0 Å². The summed E-state index contributed by atoms with van der Waals surface area (Å²) in [6.45, 7) is 5.46. The van der Waals surface area contributed by atoms with Crippen LogP contribution in [0.5, 0.6) is 0 Å². The van der Waals surface area contributed by atoms with Gasteiger partial charge in [-0.2, -0.15) is 0 Å². The highest BCUT2D eigenvalue weighted by atomic mass is 19.1. The molecule has 1 atom stereocenters. The molecule has 1 aromatic carbocycles. The molecule has 2 N–H and O–H groups in total. The summed E-state index contributed by atoms with van der Waals surface area (Å²) in [5.41, 5.74) is 0.430. The lowest BCUT2D eigenvalue weighted by Gasteiger charge is -2.33. The Kier molecular flexibility index (Phi) is 5.38. The molecular weight excluding hydrogens is 255 g/mol. The third kappa shape index (κ3) is 3.93. The molecule has 1 aliphatic rings. The number of nitrogens with one attached hydrogen (secondary N) is 1. The van der Waals surface area contributed by atoms with Crippen LogP contribution in [-0.4, -0.2) is 41.8 Å². The van der Waals surface area contributed by atoms with E-state index in [1.807, 2.05) is 6.07 Å². The molecule has 1 aliphatic heterocycles. The van der Waals surface area contributed by atoms with Crippen molar-refractivity contribution in [1.82, 2.24) is 4.90 Å². The van der Waals surface area contributed by atoms with Crippen molar-refractivity contribution in [2.24, 2.45) is 0 Å². The monoisotopic (exact) mass is 280 g/mol. The lowest BCUT2D eigenvalue weighted by atomic mass is 9.91. The number of hydrogen-bond donors (Lipinski definition) is 2. The van der Waals surface area contributed by atoms with Crippen LogP contribution in [-0.2, 0) is 0 Å². The van der Waals surface area contributed by atoms with Gasteiger partial charge in [0.2, 0.25) is 0 Å². The van der Waals surface area contributed by atoms with Gasteiger partial charge in [0.05, 0.1) is 12.1 Å². The second-order valence-electron chi connectivity index (χ2n) is 5.77. The summed E-state index contributed by atoms with van der Waals surface area (Å²) in [4.78, 5) is 2.45. The Bertz CT molecular complexity index is 427. The first-order chi connectivity index (χ1) is 9.67. The largest absolute Gasteiger partial charge is 0.394 e. The number of halogens is 1. The van der Waals surface area contributed by atoms with E-state index < -0.39 is 0 Å². The predicted octanol–water partition coefficient (Wildman–Crippen LogP) is 2.86. The van der Waals surface area contributed by atoms with Gasteiger partial charge in [-0.15, -0.1) is 0 Å². The first-order valence-electron chi connectivity index (χ1n) is 7.54. The van der Waals surface area contributed by atoms with E-state index in [2.05, 4.69) is 17.1 Å². The number of benzene rings is 1. The molecule has 1 aromatic rings. The molecule has 1 heterocycles. The molecule has 0 radical (unpaired) electrons. The van der Waals surface area contributed by atoms with Gasteiger partial charge in [-0.3, -0.25) is 0 Å². The molecule has 1 saturated heterocycles. The predicted molar refractivity (Wildman–Crippen MR) is 80.4 cm³/mol. The summed E-state index contributed by atoms with van der Waals surface area (Å²) in [6.07, 6.45) is 4.02. The molecule has 2 rings (SSSR count). The van der Waals surface area contributed by atoms with Crippen LogP contribution in [0.15, 0.2) is 24.3 Å². The zero-order chi connectivity index (χ0) is 14.4. The molecule has 3 nitrogen and oxygen atoms in total. The van der Waals surface area contributed by atoms with Gasteiger partial charge >= 0.3 is 0 Å². The molecule has 0 aliphatic carbocycles. The Hall–Kier alpha value is -1.13. The van der Waals surface area contributed by atoms with Crippen LogP contribution in [0.1, 0.15) is 32.6 Å². The third-order valence-electron chi connectivity index (χ3n) is 4.11. The molecule has 1 unspecified atom stereocenters. The molecule has 4 heteroatoms. The summed E-state index contributed by atoms with van der Waals surface area (Å²) in [6, 6.07) is 6.48. The zero-order valence-electron chi connectivity index (χ0n) is 12.2. The van der Waals surface area contributed by atoms with Gasteiger partial charge in [-0.05, 0) is 57.0 Å². The van der Waals surface area contributed by atoms with Gasteiger partial charge in [0.1, 0.15) is 5.82 Å². The van der Waals surface area contributed by atoms with Gasteiger partial charge in [-0.25, -0.2) is 4.39 Å². The second-order valence-corrected chi connectivity index (χ2v) is 5.77. The van der Waals surface area contributed by atoms with E-state index in [1.165, 1.54) is 12.1 Å². The lowest BCUT2D eigenvalue weighted by molar-refractivity contribution is 0.192. The van der Waals surface area contributed by atoms with Crippen molar-refractivity contribution < 1.29 is 9.50 Å². The normalized spacial score (nSPS) is 24.4. The first-order valence-corrected chi connectivity index (χ1v) is 7.54. The summed E-state index contributed by atoms with van der Waals surface area (Å²) in [5.74, 6) is -0.246. The Labute approximate surface area is 120 Å². The van der Waals surface area contributed by atoms with Crippen LogP contribution in [0, 0.1) is 5.82 Å². The van der Waals surface area contributed by atoms with Crippen molar-refractivity contribution in [3.05, 3.63) is 30.1 Å². The summed E-state index contributed by atoms with van der Waals surface area (Å²) >= 11 is 0. The van der Waals surface area contributed by atoms with Gasteiger partial charge < -0.3 is 15.3 Å². The highest BCUT2D eigenvalue weighted by Gasteiger charge is 2.31. The average molecular weight is 280 g/mol. The second kappa shape index (κ2) is 7.04. The first kappa shape index (κ1) is 15.3. The van der Waals surface area contributed by atoms with E-state index in [1.54, 1.807) is 6.07 Å². The Morgan fingerprint density at radius 3 is 2.90 bits per heavy atom. The van der Waals surface area contributed by atoms with Crippen LogP contribution >= 0.6 is 0 Å². The van der Waals surface area contributed by atoms with Gasteiger partial charge in [0.25, 0.3) is 0 Å². The van der Waals surface area contributed by atoms with Gasteiger partial charge in [0.15, 0.2) is 0 Å². The molecule has 112 valence electrons. The van der Waals surface area contributed by atoms with Crippen molar-refractivity contribution in [1.29, 1.82) is 0 Å². The SMILES string of the molecule is CCCN1CCCC(CO)(Nc2cccc(F)c2)CC1. The average Bonchev–Trinajstić information content (AvgIpc) is 2.63. The molecule has 0 aromatic heterocycles. The number of aliphatic hydroxyl groups excluding tert-OH is 1. The highest BCUT2D eigenvalue weighted by Crippen LogP contribution is 2.27. The number of likely N-dealkylation sites (tertiary alicyclic amines) is 1. The number of aliphatic hydroxyl groups is 1. The lowest BCUT2D eigenvalue weighted by Crippen LogP contribution is -2.43. The van der Waals surface area contributed by atoms with Gasteiger partial charge in [-0.1, -0.05) is 13.0 Å². The minimum atomic E-state index is -0.323. The number of anilines is 1. The molecule has 0 amide bonds. The Balaban J connectivity index is 2.05. The molecule has 1 fully saturated rings. The minimum absolute atomic E-state index is 0.0868. The van der Waals surface area contributed by atoms with Crippen LogP contribution in [0.2, 0.25) is 0 Å². The molecule has 0 bridgehead atoms. The van der Waals surface area contributed by atoms with Crippen LogP contribution in [0.3, 0.4) is 0 Å². The fourth-order valence-corrected chi connectivity index (χ4v) is 2.98. The van der Waals surface area contributed by atoms with E-state index in [0.717, 1.165) is 51.0 Å². The smallest absolute Gasteiger partial charge is 0.125 e. The molecular formula is C16H25FN2O. The summed E-state index contributed by atoms with van der Waals surface area (Å²) in [5, 5.41) is 13.2. The standard InChI is InChI=1S/C16H25FN2O/c1-2-9-19-10-4-7-16(13-20,8-11-19)18-15-6-3-5-14(17)12-15/h3,5-6,12,18,20H,2,4,7-11,13H2,1H3. The summed E-state index contributed by atoms with van der Waals surface area (Å²) < 4.78 is 13.3. The summed E-state index contributed by atoms with van der Waals surface area (Å²) in [7, 11) is 0. The fraction of sp³-hybridized carbons (Fsp3) is 0.625. The van der Waals surface area contributed by atoms with Crippen molar-refractivity contribution in [2.45, 2.75) is 38.1 Å². The van der Waals surface area contributed by atoms with Crippen LogP contribution < -0.4 is 5.32 Å². The van der Waals surface area contributed by atoms with E-state index >= 15 is 0 Å². The third-order valence-corrected chi connectivity index (χ3v) is 4.11. The van der Waals surface area contributed by atoms with E-state index in [-0.39, 0.29) is 18.0 Å². The Morgan fingerprint density at radius 2 is 2.20 bits per heavy atom. The maximum atomic E-state index is 13.3. The van der Waals surface area contributed by atoms with E-state index in [4.69, 9.17) is 0 Å². The van der Waals surface area contributed by atoms with E-state index in [0.29, 0.717) is 0 Å². The topological polar surface area (TPSA) is 35.5 Å².